The number of thioether (sulfide) groups is 1. The summed E-state index contributed by atoms with van der Waals surface area (Å²) in [4.78, 5) is 33.1. The number of rotatable bonds is 7. The van der Waals surface area contributed by atoms with Crippen molar-refractivity contribution in [1.82, 2.24) is 15.0 Å². The Morgan fingerprint density at radius 1 is 1.17 bits per heavy atom. The van der Waals surface area contributed by atoms with E-state index in [-0.39, 0.29) is 17.2 Å². The van der Waals surface area contributed by atoms with Crippen molar-refractivity contribution in [2.75, 3.05) is 12.9 Å². The molecule has 5 rings (SSSR count). The molecule has 4 aromatic rings. The van der Waals surface area contributed by atoms with Crippen LogP contribution in [0.3, 0.4) is 0 Å². The Labute approximate surface area is 210 Å². The Bertz CT molecular complexity index is 1460. The highest BCUT2D eigenvalue weighted by atomic mass is 32.2. The van der Waals surface area contributed by atoms with Gasteiger partial charge in [0.2, 0.25) is 0 Å². The van der Waals surface area contributed by atoms with E-state index in [1.165, 1.54) is 16.6 Å². The van der Waals surface area contributed by atoms with Gasteiger partial charge in [-0.2, -0.15) is 5.10 Å². The normalized spacial score (nSPS) is 13.2. The van der Waals surface area contributed by atoms with Crippen LogP contribution in [0, 0.1) is 0 Å². The first kappa shape index (κ1) is 23.3. The predicted octanol–water partition coefficient (Wildman–Crippen LogP) is 4.58. The number of hydrogen-bond acceptors (Lipinski definition) is 7. The number of para-hydroxylation sites is 2. The van der Waals surface area contributed by atoms with Gasteiger partial charge in [0.25, 0.3) is 11.5 Å². The van der Waals surface area contributed by atoms with E-state index >= 15 is 0 Å². The second-order valence-electron chi connectivity index (χ2n) is 8.09. The summed E-state index contributed by atoms with van der Waals surface area (Å²) in [5.74, 6) is 0.447. The third-order valence-electron chi connectivity index (χ3n) is 5.84. The number of hydrazone groups is 1. The number of ether oxygens (including phenoxy) is 1. The summed E-state index contributed by atoms with van der Waals surface area (Å²) >= 11 is 2.83. The number of amides is 1. The molecule has 7 nitrogen and oxygen atoms in total. The molecule has 0 radical (unpaired) electrons. The highest BCUT2D eigenvalue weighted by Crippen LogP contribution is 2.35. The molecular weight excluding hydrogens is 480 g/mol. The Balaban J connectivity index is 1.41. The van der Waals surface area contributed by atoms with Crippen LogP contribution in [0.15, 0.2) is 69.6 Å². The molecule has 0 unspecified atom stereocenters. The number of hydrogen-bond donors (Lipinski definition) is 1. The number of fused-ring (bicyclic) bond motifs is 3. The van der Waals surface area contributed by atoms with Crippen molar-refractivity contribution >= 4 is 45.4 Å². The van der Waals surface area contributed by atoms with Crippen molar-refractivity contribution in [3.63, 3.8) is 0 Å². The number of nitrogens with zero attached hydrogens (tertiary/aromatic N) is 3. The Kier molecular flexibility index (Phi) is 6.96. The molecule has 2 heterocycles. The fourth-order valence-corrected chi connectivity index (χ4v) is 6.30. The van der Waals surface area contributed by atoms with E-state index < -0.39 is 0 Å². The third-order valence-corrected chi connectivity index (χ3v) is 7.96. The number of benzene rings is 2. The number of aromatic nitrogens is 2. The summed E-state index contributed by atoms with van der Waals surface area (Å²) in [6, 6.07) is 16.9. The van der Waals surface area contributed by atoms with Gasteiger partial charge in [0, 0.05) is 10.4 Å². The van der Waals surface area contributed by atoms with Crippen molar-refractivity contribution in [3.05, 3.63) is 81.0 Å². The molecule has 0 aliphatic heterocycles. The minimum absolute atomic E-state index is 0.0686. The van der Waals surface area contributed by atoms with Crippen LogP contribution in [0.4, 0.5) is 0 Å². The molecule has 0 saturated carbocycles. The summed E-state index contributed by atoms with van der Waals surface area (Å²) in [6.45, 7) is 0. The van der Waals surface area contributed by atoms with Gasteiger partial charge in [0.1, 0.15) is 10.6 Å². The van der Waals surface area contributed by atoms with Gasteiger partial charge < -0.3 is 4.74 Å². The van der Waals surface area contributed by atoms with Crippen molar-refractivity contribution in [2.24, 2.45) is 5.10 Å². The molecule has 1 aliphatic rings. The van der Waals surface area contributed by atoms with Crippen molar-refractivity contribution in [3.8, 4) is 11.4 Å². The van der Waals surface area contributed by atoms with Crippen LogP contribution in [0.25, 0.3) is 15.9 Å². The number of carbonyl (C=O) groups is 1. The van der Waals surface area contributed by atoms with Gasteiger partial charge in [-0.1, -0.05) is 42.1 Å². The number of nitrogens with one attached hydrogen (secondary N) is 1. The van der Waals surface area contributed by atoms with E-state index in [0.29, 0.717) is 10.9 Å². The molecule has 0 atom stereocenters. The molecule has 178 valence electrons. The Morgan fingerprint density at radius 2 is 1.94 bits per heavy atom. The second kappa shape index (κ2) is 10.5. The smallest absolute Gasteiger partial charge is 0.267 e. The van der Waals surface area contributed by atoms with Gasteiger partial charge in [-0.25, -0.2) is 10.4 Å². The summed E-state index contributed by atoms with van der Waals surface area (Å²) < 4.78 is 6.92. The summed E-state index contributed by atoms with van der Waals surface area (Å²) in [5.41, 5.74) is 5.12. The third kappa shape index (κ3) is 4.87. The number of thiophene rings is 1. The standard InChI is InChI=1S/C26H24N4O3S2/c1-33-20-13-7-5-9-17(20)15-27-29-22(31)16-34-26-28-24-23(19-12-6-8-14-21(19)35-24)25(32)30(26)18-10-3-2-4-11-18/h2-5,7,9-11,13,15H,6,8,12,14,16H2,1H3,(H,29,31)/b27-15-. The Hall–Kier alpha value is -3.43. The van der Waals surface area contributed by atoms with Gasteiger partial charge in [0.15, 0.2) is 5.16 Å². The zero-order chi connectivity index (χ0) is 24.2. The molecule has 1 amide bonds. The topological polar surface area (TPSA) is 85.6 Å². The molecule has 2 aromatic heterocycles. The first-order chi connectivity index (χ1) is 17.2. The lowest BCUT2D eigenvalue weighted by Gasteiger charge is -2.13. The number of methoxy groups -OCH3 is 1. The van der Waals surface area contributed by atoms with Crippen LogP contribution in [-0.2, 0) is 17.6 Å². The molecule has 2 aromatic carbocycles. The fraction of sp³-hybridized carbons (Fsp3) is 0.231. The average molecular weight is 505 g/mol. The molecule has 35 heavy (non-hydrogen) atoms. The minimum Gasteiger partial charge on any atom is -0.496 e. The molecule has 1 aliphatic carbocycles. The lowest BCUT2D eigenvalue weighted by molar-refractivity contribution is -0.118. The largest absolute Gasteiger partial charge is 0.496 e. The Morgan fingerprint density at radius 3 is 2.77 bits per heavy atom. The van der Waals surface area contributed by atoms with Crippen molar-refractivity contribution < 1.29 is 9.53 Å². The van der Waals surface area contributed by atoms with Crippen LogP contribution in [0.2, 0.25) is 0 Å². The second-order valence-corrected chi connectivity index (χ2v) is 10.1. The van der Waals surface area contributed by atoms with E-state index in [2.05, 4.69) is 10.5 Å². The minimum atomic E-state index is -0.291. The molecule has 9 heteroatoms. The lowest BCUT2D eigenvalue weighted by Crippen LogP contribution is -2.24. The zero-order valence-electron chi connectivity index (χ0n) is 19.2. The molecule has 0 bridgehead atoms. The number of carbonyl (C=O) groups excluding carboxylic acids is 1. The molecule has 1 N–H and O–H groups in total. The number of aryl methyl sites for hydroxylation is 2. The van der Waals surface area contributed by atoms with Gasteiger partial charge in [-0.05, 0) is 55.5 Å². The van der Waals surface area contributed by atoms with E-state index in [1.807, 2.05) is 54.6 Å². The highest BCUT2D eigenvalue weighted by Gasteiger charge is 2.23. The van der Waals surface area contributed by atoms with Gasteiger partial charge >= 0.3 is 0 Å². The SMILES string of the molecule is COc1ccccc1/C=N\NC(=O)CSc1nc2sc3c(c2c(=O)n1-c1ccccc1)CCCC3. The van der Waals surface area contributed by atoms with Gasteiger partial charge in [0.05, 0.1) is 30.2 Å². The lowest BCUT2D eigenvalue weighted by atomic mass is 9.97. The summed E-state index contributed by atoms with van der Waals surface area (Å²) in [6.07, 6.45) is 5.69. The highest BCUT2D eigenvalue weighted by molar-refractivity contribution is 7.99. The molecule has 0 fully saturated rings. The first-order valence-corrected chi connectivity index (χ1v) is 13.2. The maximum Gasteiger partial charge on any atom is 0.267 e. The summed E-state index contributed by atoms with van der Waals surface area (Å²) in [7, 11) is 1.59. The van der Waals surface area contributed by atoms with E-state index in [0.717, 1.165) is 52.7 Å². The fourth-order valence-electron chi connectivity index (χ4n) is 4.20. The van der Waals surface area contributed by atoms with Crippen LogP contribution in [-0.4, -0.2) is 34.5 Å². The van der Waals surface area contributed by atoms with Crippen LogP contribution in [0.5, 0.6) is 5.75 Å². The monoisotopic (exact) mass is 504 g/mol. The first-order valence-electron chi connectivity index (χ1n) is 11.4. The molecule has 0 saturated heterocycles. The predicted molar refractivity (Wildman–Crippen MR) is 141 cm³/mol. The quantitative estimate of drug-likeness (QED) is 0.172. The van der Waals surface area contributed by atoms with Crippen LogP contribution < -0.4 is 15.7 Å². The van der Waals surface area contributed by atoms with Crippen molar-refractivity contribution in [2.45, 2.75) is 30.8 Å². The van der Waals surface area contributed by atoms with E-state index in [9.17, 15) is 9.59 Å². The van der Waals surface area contributed by atoms with Gasteiger partial charge in [-0.15, -0.1) is 11.3 Å². The zero-order valence-corrected chi connectivity index (χ0v) is 20.8. The molecule has 0 spiro atoms. The van der Waals surface area contributed by atoms with Crippen molar-refractivity contribution in [1.29, 1.82) is 0 Å². The average Bonchev–Trinajstić information content (AvgIpc) is 3.27. The van der Waals surface area contributed by atoms with E-state index in [1.54, 1.807) is 29.2 Å². The summed E-state index contributed by atoms with van der Waals surface area (Å²) in [5, 5.41) is 5.27. The maximum absolute atomic E-state index is 13.7. The van der Waals surface area contributed by atoms with Crippen LogP contribution in [0.1, 0.15) is 28.8 Å². The molecular formula is C26H24N4O3S2. The van der Waals surface area contributed by atoms with Gasteiger partial charge in [-0.3, -0.25) is 14.2 Å². The maximum atomic E-state index is 13.7. The van der Waals surface area contributed by atoms with E-state index in [4.69, 9.17) is 9.72 Å². The van der Waals surface area contributed by atoms with Crippen LogP contribution >= 0.6 is 23.1 Å².